The summed E-state index contributed by atoms with van der Waals surface area (Å²) in [6.45, 7) is 4.77. The second-order valence-electron chi connectivity index (χ2n) is 18.6. The molecule has 0 heterocycles. The van der Waals surface area contributed by atoms with E-state index >= 15 is 0 Å². The number of anilines is 6. The van der Waals surface area contributed by atoms with Crippen molar-refractivity contribution in [2.24, 2.45) is 0 Å². The van der Waals surface area contributed by atoms with Crippen molar-refractivity contribution in [2.75, 3.05) is 9.80 Å². The Labute approximate surface area is 405 Å². The van der Waals surface area contributed by atoms with Gasteiger partial charge in [-0.2, -0.15) is 0 Å². The van der Waals surface area contributed by atoms with Gasteiger partial charge in [-0.05, 0) is 150 Å². The van der Waals surface area contributed by atoms with Gasteiger partial charge in [-0.25, -0.2) is 0 Å². The summed E-state index contributed by atoms with van der Waals surface area (Å²) < 4.78 is 0. The van der Waals surface area contributed by atoms with E-state index in [1.807, 2.05) is 0 Å². The molecule has 0 unspecified atom stereocenters. The first-order chi connectivity index (χ1) is 33.9. The molecular weight excluding hydrogens is 833 g/mol. The van der Waals surface area contributed by atoms with Crippen LogP contribution in [0.3, 0.4) is 0 Å². The van der Waals surface area contributed by atoms with Crippen molar-refractivity contribution in [3.05, 3.63) is 278 Å². The average molecular weight is 883 g/mol. The van der Waals surface area contributed by atoms with Crippen molar-refractivity contribution in [3.8, 4) is 55.6 Å². The van der Waals surface area contributed by atoms with E-state index < -0.39 is 0 Å². The van der Waals surface area contributed by atoms with E-state index in [1.54, 1.807) is 0 Å². The third kappa shape index (κ3) is 7.86. The largest absolute Gasteiger partial charge is 0.310 e. The van der Waals surface area contributed by atoms with E-state index in [2.05, 4.69) is 291 Å². The Morgan fingerprint density at radius 1 is 0.232 bits per heavy atom. The monoisotopic (exact) mass is 882 g/mol. The molecule has 12 rings (SSSR count). The van der Waals surface area contributed by atoms with Crippen LogP contribution in [0, 0.1) is 0 Å². The summed E-state index contributed by atoms with van der Waals surface area (Å²) in [4.78, 5) is 4.80. The number of hydrogen-bond acceptors (Lipinski definition) is 2. The predicted octanol–water partition coefficient (Wildman–Crippen LogP) is 18.8. The Bertz CT molecular complexity index is 3580. The van der Waals surface area contributed by atoms with Crippen molar-refractivity contribution < 1.29 is 0 Å². The van der Waals surface area contributed by atoms with Crippen molar-refractivity contribution in [1.82, 2.24) is 0 Å². The summed E-state index contributed by atoms with van der Waals surface area (Å²) in [5, 5.41) is 2.44. The number of rotatable bonds is 10. The number of hydrogen-bond donors (Lipinski definition) is 0. The second-order valence-corrected chi connectivity index (χ2v) is 18.6. The number of benzene rings is 11. The lowest BCUT2D eigenvalue weighted by atomic mass is 9.82. The van der Waals surface area contributed by atoms with Crippen molar-refractivity contribution in [3.63, 3.8) is 0 Å². The molecule has 0 radical (unpaired) electrons. The molecule has 2 nitrogen and oxygen atoms in total. The molecule has 328 valence electrons. The Morgan fingerprint density at radius 2 is 0.522 bits per heavy atom. The van der Waals surface area contributed by atoms with Gasteiger partial charge in [0.15, 0.2) is 0 Å². The molecule has 0 aliphatic heterocycles. The van der Waals surface area contributed by atoms with Crippen LogP contribution in [0.1, 0.15) is 25.0 Å². The van der Waals surface area contributed by atoms with Crippen LogP contribution in [0.15, 0.2) is 267 Å². The van der Waals surface area contributed by atoms with Crippen molar-refractivity contribution in [1.29, 1.82) is 0 Å². The highest BCUT2D eigenvalue weighted by atomic mass is 15.1. The maximum Gasteiger partial charge on any atom is 0.0468 e. The highest BCUT2D eigenvalue weighted by Crippen LogP contribution is 2.53. The Balaban J connectivity index is 0.881. The summed E-state index contributed by atoms with van der Waals surface area (Å²) in [5.41, 5.74) is 21.3. The minimum Gasteiger partial charge on any atom is -0.310 e. The molecule has 0 aromatic heterocycles. The SMILES string of the molecule is CC1(C)c2cc(N(c3ccccc3)c3ccc(-c4ccc(-c5ccccc5)cc4)cc3)ccc2-c2ccc(N(c3ccc(-c4ccc(-c5ccccc5)cc4)cc3)c3ccc4ccccc4c3)cc21. The minimum absolute atomic E-state index is 0.264. The average Bonchev–Trinajstić information content (AvgIpc) is 3.64. The van der Waals surface area contributed by atoms with E-state index in [4.69, 9.17) is 0 Å². The first kappa shape index (κ1) is 41.7. The zero-order valence-corrected chi connectivity index (χ0v) is 38.8. The highest BCUT2D eigenvalue weighted by molar-refractivity contribution is 5.92. The van der Waals surface area contributed by atoms with Crippen LogP contribution in [0.5, 0.6) is 0 Å². The summed E-state index contributed by atoms with van der Waals surface area (Å²) in [6, 6.07) is 97.2. The zero-order valence-electron chi connectivity index (χ0n) is 38.8. The summed E-state index contributed by atoms with van der Waals surface area (Å²) in [5.74, 6) is 0. The first-order valence-corrected chi connectivity index (χ1v) is 23.9. The highest BCUT2D eigenvalue weighted by Gasteiger charge is 2.37. The third-order valence-corrected chi connectivity index (χ3v) is 14.1. The van der Waals surface area contributed by atoms with Crippen LogP contribution < -0.4 is 9.80 Å². The molecule has 69 heavy (non-hydrogen) atoms. The molecule has 0 N–H and O–H groups in total. The molecule has 0 amide bonds. The third-order valence-electron chi connectivity index (χ3n) is 14.1. The molecule has 0 spiro atoms. The molecule has 2 heteroatoms. The molecule has 0 bridgehead atoms. The van der Waals surface area contributed by atoms with Gasteiger partial charge in [-0.1, -0.05) is 208 Å². The molecule has 0 saturated carbocycles. The maximum atomic E-state index is 2.43. The van der Waals surface area contributed by atoms with Gasteiger partial charge in [0.05, 0.1) is 0 Å². The van der Waals surface area contributed by atoms with E-state index in [0.717, 1.165) is 34.1 Å². The van der Waals surface area contributed by atoms with Gasteiger partial charge in [0.25, 0.3) is 0 Å². The summed E-state index contributed by atoms with van der Waals surface area (Å²) in [7, 11) is 0. The van der Waals surface area contributed by atoms with E-state index in [0.29, 0.717) is 0 Å². The Kier molecular flexibility index (Phi) is 10.6. The van der Waals surface area contributed by atoms with Gasteiger partial charge in [0.1, 0.15) is 0 Å². The number of fused-ring (bicyclic) bond motifs is 4. The van der Waals surface area contributed by atoms with E-state index in [-0.39, 0.29) is 5.41 Å². The Morgan fingerprint density at radius 3 is 0.957 bits per heavy atom. The van der Waals surface area contributed by atoms with Gasteiger partial charge >= 0.3 is 0 Å². The molecule has 11 aromatic carbocycles. The molecule has 1 aliphatic carbocycles. The van der Waals surface area contributed by atoms with Crippen LogP contribution in [0.4, 0.5) is 34.1 Å². The molecule has 0 fully saturated rings. The Hall–Kier alpha value is -8.72. The quantitative estimate of drug-likeness (QED) is 0.135. The minimum atomic E-state index is -0.264. The topological polar surface area (TPSA) is 6.48 Å². The lowest BCUT2D eigenvalue weighted by Crippen LogP contribution is -2.17. The summed E-state index contributed by atoms with van der Waals surface area (Å²) in [6.07, 6.45) is 0. The predicted molar refractivity (Wildman–Crippen MR) is 293 cm³/mol. The molecule has 11 aromatic rings. The van der Waals surface area contributed by atoms with Gasteiger partial charge < -0.3 is 9.80 Å². The lowest BCUT2D eigenvalue weighted by molar-refractivity contribution is 0.660. The van der Waals surface area contributed by atoms with Crippen LogP contribution in [-0.2, 0) is 5.41 Å². The van der Waals surface area contributed by atoms with Gasteiger partial charge in [-0.3, -0.25) is 0 Å². The van der Waals surface area contributed by atoms with Crippen LogP contribution in [0.25, 0.3) is 66.4 Å². The number of para-hydroxylation sites is 1. The van der Waals surface area contributed by atoms with Crippen molar-refractivity contribution in [2.45, 2.75) is 19.3 Å². The fourth-order valence-corrected chi connectivity index (χ4v) is 10.4. The number of nitrogens with zero attached hydrogens (tertiary/aromatic N) is 2. The molecule has 1 aliphatic rings. The van der Waals surface area contributed by atoms with Crippen LogP contribution >= 0.6 is 0 Å². The first-order valence-electron chi connectivity index (χ1n) is 23.9. The molecule has 0 atom stereocenters. The van der Waals surface area contributed by atoms with Gasteiger partial charge in [-0.15, -0.1) is 0 Å². The van der Waals surface area contributed by atoms with Gasteiger partial charge in [0.2, 0.25) is 0 Å². The van der Waals surface area contributed by atoms with Crippen LogP contribution in [-0.4, -0.2) is 0 Å². The lowest BCUT2D eigenvalue weighted by Gasteiger charge is -2.29. The zero-order chi connectivity index (χ0) is 46.3. The maximum absolute atomic E-state index is 2.43. The smallest absolute Gasteiger partial charge is 0.0468 e. The standard InChI is InChI=1S/C67H50N2/c1-67(2)65-45-61(68(57-20-10-5-11-21-57)58-35-30-54(31-36-58)52-26-22-50(23-27-52)47-14-6-3-7-15-47)40-42-63(65)64-43-41-62(46-66(64)67)69(60-39-34-49-18-12-13-19-56(49)44-60)59-37-32-55(33-38-59)53-28-24-51(25-29-53)48-16-8-4-9-17-48/h3-46H,1-2H3. The molecular formula is C67H50N2. The summed E-state index contributed by atoms with van der Waals surface area (Å²) >= 11 is 0. The van der Waals surface area contributed by atoms with Crippen molar-refractivity contribution >= 4 is 44.9 Å². The second kappa shape index (κ2) is 17.5. The fraction of sp³-hybridized carbons (Fsp3) is 0.0448. The van der Waals surface area contributed by atoms with E-state index in [9.17, 15) is 0 Å². The normalized spacial score (nSPS) is 12.3. The van der Waals surface area contributed by atoms with Crippen LogP contribution in [0.2, 0.25) is 0 Å². The van der Waals surface area contributed by atoms with E-state index in [1.165, 1.54) is 77.5 Å². The van der Waals surface area contributed by atoms with Gasteiger partial charge in [0, 0.05) is 39.5 Å². The molecule has 0 saturated heterocycles. The fourth-order valence-electron chi connectivity index (χ4n) is 10.4.